The van der Waals surface area contributed by atoms with Crippen molar-refractivity contribution in [2.24, 2.45) is 0 Å². The summed E-state index contributed by atoms with van der Waals surface area (Å²) in [4.78, 5) is 21.7. The molecule has 19 heavy (non-hydrogen) atoms. The van der Waals surface area contributed by atoms with Crippen LogP contribution in [-0.2, 0) is 4.79 Å². The molecule has 0 spiro atoms. The van der Waals surface area contributed by atoms with Gasteiger partial charge in [-0.3, -0.25) is 9.59 Å². The molecule has 0 atom stereocenters. The normalized spacial score (nSPS) is 10.0. The van der Waals surface area contributed by atoms with Crippen molar-refractivity contribution in [2.45, 2.75) is 6.92 Å². The molecule has 0 unspecified atom stereocenters. The minimum absolute atomic E-state index is 0.191. The van der Waals surface area contributed by atoms with Crippen LogP contribution in [0.2, 0.25) is 0 Å². The third kappa shape index (κ3) is 2.82. The maximum atomic E-state index is 11.1. The largest absolute Gasteiger partial charge is 0.495 e. The maximum absolute atomic E-state index is 11.1. The molecule has 0 fully saturated rings. The highest BCUT2D eigenvalue weighted by atomic mass is 16.5. The van der Waals surface area contributed by atoms with E-state index in [1.54, 1.807) is 30.3 Å². The van der Waals surface area contributed by atoms with Crippen LogP contribution in [0.15, 0.2) is 34.7 Å². The van der Waals surface area contributed by atoms with Gasteiger partial charge in [-0.05, 0) is 30.3 Å². The highest BCUT2D eigenvalue weighted by Crippen LogP contribution is 2.31. The Labute approximate surface area is 110 Å². The van der Waals surface area contributed by atoms with E-state index < -0.39 is 0 Å². The fourth-order valence-corrected chi connectivity index (χ4v) is 1.72. The molecule has 1 aromatic carbocycles. The van der Waals surface area contributed by atoms with Crippen LogP contribution in [0.4, 0.5) is 5.69 Å². The highest BCUT2D eigenvalue weighted by molar-refractivity contribution is 5.91. The van der Waals surface area contributed by atoms with Crippen molar-refractivity contribution in [3.8, 4) is 17.1 Å². The topological polar surface area (TPSA) is 68.5 Å². The van der Waals surface area contributed by atoms with Gasteiger partial charge in [-0.25, -0.2) is 0 Å². The molecular weight excluding hydrogens is 246 g/mol. The van der Waals surface area contributed by atoms with Crippen LogP contribution in [-0.4, -0.2) is 19.3 Å². The molecule has 5 heteroatoms. The van der Waals surface area contributed by atoms with E-state index in [2.05, 4.69) is 5.32 Å². The van der Waals surface area contributed by atoms with Crippen LogP contribution in [0.3, 0.4) is 0 Å². The summed E-state index contributed by atoms with van der Waals surface area (Å²) in [5.74, 6) is 1.17. The summed E-state index contributed by atoms with van der Waals surface area (Å²) in [7, 11) is 1.53. The monoisotopic (exact) mass is 259 g/mol. The predicted molar refractivity (Wildman–Crippen MR) is 70.4 cm³/mol. The van der Waals surface area contributed by atoms with Gasteiger partial charge in [0.15, 0.2) is 12.0 Å². The summed E-state index contributed by atoms with van der Waals surface area (Å²) in [6.07, 6.45) is 0.641. The van der Waals surface area contributed by atoms with Crippen molar-refractivity contribution in [2.75, 3.05) is 12.4 Å². The molecule has 1 heterocycles. The zero-order chi connectivity index (χ0) is 13.8. The first-order valence-corrected chi connectivity index (χ1v) is 5.65. The first-order chi connectivity index (χ1) is 9.13. The van der Waals surface area contributed by atoms with Gasteiger partial charge in [0.25, 0.3) is 0 Å². The Morgan fingerprint density at radius 1 is 1.32 bits per heavy atom. The van der Waals surface area contributed by atoms with Crippen molar-refractivity contribution in [1.29, 1.82) is 0 Å². The summed E-state index contributed by atoms with van der Waals surface area (Å²) in [5, 5.41) is 2.68. The van der Waals surface area contributed by atoms with E-state index in [-0.39, 0.29) is 11.7 Å². The zero-order valence-corrected chi connectivity index (χ0v) is 10.6. The van der Waals surface area contributed by atoms with Crippen molar-refractivity contribution >= 4 is 17.9 Å². The van der Waals surface area contributed by atoms with E-state index in [1.165, 1.54) is 14.0 Å². The summed E-state index contributed by atoms with van der Waals surface area (Å²) >= 11 is 0. The molecule has 1 aromatic heterocycles. The van der Waals surface area contributed by atoms with Gasteiger partial charge in [0.1, 0.15) is 11.5 Å². The van der Waals surface area contributed by atoms with Gasteiger partial charge in [-0.2, -0.15) is 0 Å². The molecule has 0 aliphatic carbocycles. The minimum Gasteiger partial charge on any atom is -0.495 e. The standard InChI is InChI=1S/C14H13NO4/c1-9(17)15-12-7-10(3-5-14(12)18-2)13-6-4-11(8-16)19-13/h3-8H,1-2H3,(H,15,17). The number of benzene rings is 1. The fraction of sp³-hybridized carbons (Fsp3) is 0.143. The Morgan fingerprint density at radius 3 is 2.68 bits per heavy atom. The Kier molecular flexibility index (Phi) is 3.66. The molecule has 5 nitrogen and oxygen atoms in total. The number of hydrogen-bond donors (Lipinski definition) is 1. The molecule has 98 valence electrons. The predicted octanol–water partition coefficient (Wildman–Crippen LogP) is 2.73. The first kappa shape index (κ1) is 12.9. The molecule has 0 aliphatic heterocycles. The summed E-state index contributed by atoms with van der Waals surface area (Å²) in [6, 6.07) is 8.53. The van der Waals surface area contributed by atoms with Crippen molar-refractivity contribution < 1.29 is 18.7 Å². The molecule has 1 amide bonds. The Hall–Kier alpha value is -2.56. The Balaban J connectivity index is 2.41. The molecule has 2 rings (SSSR count). The van der Waals surface area contributed by atoms with E-state index in [0.29, 0.717) is 23.5 Å². The lowest BCUT2D eigenvalue weighted by Crippen LogP contribution is -2.07. The third-order valence-electron chi connectivity index (χ3n) is 2.54. The summed E-state index contributed by atoms with van der Waals surface area (Å²) in [6.45, 7) is 1.42. The van der Waals surface area contributed by atoms with Gasteiger partial charge in [0, 0.05) is 12.5 Å². The number of methoxy groups -OCH3 is 1. The SMILES string of the molecule is COc1ccc(-c2ccc(C=O)o2)cc1NC(C)=O. The third-order valence-corrected chi connectivity index (χ3v) is 2.54. The molecular formula is C14H13NO4. The number of aldehydes is 1. The van der Waals surface area contributed by atoms with Crippen LogP contribution >= 0.6 is 0 Å². The number of hydrogen-bond acceptors (Lipinski definition) is 4. The van der Waals surface area contributed by atoms with Crippen LogP contribution in [0.5, 0.6) is 5.75 Å². The van der Waals surface area contributed by atoms with Gasteiger partial charge < -0.3 is 14.5 Å². The second-order valence-electron chi connectivity index (χ2n) is 3.92. The van der Waals surface area contributed by atoms with Crippen molar-refractivity contribution in [1.82, 2.24) is 0 Å². The lowest BCUT2D eigenvalue weighted by molar-refractivity contribution is -0.114. The average Bonchev–Trinajstić information content (AvgIpc) is 2.86. The summed E-state index contributed by atoms with van der Waals surface area (Å²) < 4.78 is 10.5. The number of carbonyl (C=O) groups is 2. The first-order valence-electron chi connectivity index (χ1n) is 5.65. The van der Waals surface area contributed by atoms with Crippen LogP contribution in [0.1, 0.15) is 17.5 Å². The van der Waals surface area contributed by atoms with E-state index >= 15 is 0 Å². The van der Waals surface area contributed by atoms with Gasteiger partial charge in [0.05, 0.1) is 12.8 Å². The zero-order valence-electron chi connectivity index (χ0n) is 10.6. The molecule has 0 saturated carbocycles. The van der Waals surface area contributed by atoms with Crippen LogP contribution < -0.4 is 10.1 Å². The van der Waals surface area contributed by atoms with Crippen LogP contribution in [0.25, 0.3) is 11.3 Å². The number of amides is 1. The molecule has 0 radical (unpaired) electrons. The van der Waals surface area contributed by atoms with Gasteiger partial charge >= 0.3 is 0 Å². The number of ether oxygens (including phenoxy) is 1. The number of nitrogens with one attached hydrogen (secondary N) is 1. The quantitative estimate of drug-likeness (QED) is 0.857. The molecule has 2 aromatic rings. The van der Waals surface area contributed by atoms with Gasteiger partial charge in [-0.15, -0.1) is 0 Å². The van der Waals surface area contributed by atoms with E-state index in [0.717, 1.165) is 5.56 Å². The van der Waals surface area contributed by atoms with Crippen molar-refractivity contribution in [3.63, 3.8) is 0 Å². The van der Waals surface area contributed by atoms with E-state index in [9.17, 15) is 9.59 Å². The average molecular weight is 259 g/mol. The molecule has 0 aliphatic rings. The highest BCUT2D eigenvalue weighted by Gasteiger charge is 2.10. The number of rotatable bonds is 4. The van der Waals surface area contributed by atoms with Gasteiger partial charge in [0.2, 0.25) is 5.91 Å². The van der Waals surface area contributed by atoms with E-state index in [1.807, 2.05) is 0 Å². The van der Waals surface area contributed by atoms with Crippen molar-refractivity contribution in [3.05, 3.63) is 36.1 Å². The number of anilines is 1. The minimum atomic E-state index is -0.191. The molecule has 1 N–H and O–H groups in total. The fourth-order valence-electron chi connectivity index (χ4n) is 1.72. The van der Waals surface area contributed by atoms with E-state index in [4.69, 9.17) is 9.15 Å². The van der Waals surface area contributed by atoms with Gasteiger partial charge in [-0.1, -0.05) is 0 Å². The Morgan fingerprint density at radius 2 is 2.11 bits per heavy atom. The van der Waals surface area contributed by atoms with Crippen LogP contribution in [0, 0.1) is 0 Å². The summed E-state index contributed by atoms with van der Waals surface area (Å²) in [5.41, 5.74) is 1.30. The second-order valence-corrected chi connectivity index (χ2v) is 3.92. The second kappa shape index (κ2) is 5.39. The number of carbonyl (C=O) groups excluding carboxylic acids is 2. The molecule has 0 saturated heterocycles. The Bertz CT molecular complexity index is 616. The smallest absolute Gasteiger partial charge is 0.221 e. The molecule has 0 bridgehead atoms. The maximum Gasteiger partial charge on any atom is 0.221 e. The lowest BCUT2D eigenvalue weighted by Gasteiger charge is -2.10. The lowest BCUT2D eigenvalue weighted by atomic mass is 10.1. The number of furan rings is 1.